The fraction of sp³-hybridized carbons (Fsp3) is 0.0625. The van der Waals surface area contributed by atoms with E-state index in [0.29, 0.717) is 11.2 Å². The molecule has 0 atom stereocenters. The molecule has 0 fully saturated rings. The molecule has 2 aromatic heterocycles. The maximum absolute atomic E-state index is 11.8. The van der Waals surface area contributed by atoms with Gasteiger partial charge in [-0.3, -0.25) is 5.32 Å². The van der Waals surface area contributed by atoms with Crippen molar-refractivity contribution in [3.63, 3.8) is 0 Å². The molecular formula is C16H13N3O4. The van der Waals surface area contributed by atoms with Crippen molar-refractivity contribution in [2.45, 2.75) is 6.61 Å². The zero-order valence-electron chi connectivity index (χ0n) is 12.0. The highest BCUT2D eigenvalue weighted by Crippen LogP contribution is 2.16. The zero-order chi connectivity index (χ0) is 16.2. The highest BCUT2D eigenvalue weighted by molar-refractivity contribution is 5.96. The molecule has 0 saturated carbocycles. The number of nitrogens with one attached hydrogen (secondary N) is 1. The number of rotatable bonds is 4. The summed E-state index contributed by atoms with van der Waals surface area (Å²) in [6.07, 6.45) is 2.21. The number of aromatic carboxylic acids is 1. The minimum atomic E-state index is -1.08. The Hall–Kier alpha value is -3.35. The van der Waals surface area contributed by atoms with Crippen LogP contribution in [-0.2, 0) is 11.3 Å². The summed E-state index contributed by atoms with van der Waals surface area (Å²) in [6, 6.07) is 12.4. The number of hydrogen-bond acceptors (Lipinski definition) is 4. The van der Waals surface area contributed by atoms with Gasteiger partial charge in [-0.15, -0.1) is 0 Å². The van der Waals surface area contributed by atoms with Gasteiger partial charge in [0.25, 0.3) is 0 Å². The van der Waals surface area contributed by atoms with Crippen LogP contribution in [0.15, 0.2) is 54.9 Å². The van der Waals surface area contributed by atoms with Crippen LogP contribution in [0.25, 0.3) is 5.52 Å². The Morgan fingerprint density at radius 2 is 2.00 bits per heavy atom. The van der Waals surface area contributed by atoms with Crippen molar-refractivity contribution in [1.29, 1.82) is 0 Å². The highest BCUT2D eigenvalue weighted by atomic mass is 16.5. The summed E-state index contributed by atoms with van der Waals surface area (Å²) in [6.45, 7) is 0.155. The van der Waals surface area contributed by atoms with Gasteiger partial charge in [-0.2, -0.15) is 5.10 Å². The summed E-state index contributed by atoms with van der Waals surface area (Å²) in [7, 11) is 0. The first kappa shape index (κ1) is 14.6. The van der Waals surface area contributed by atoms with E-state index in [9.17, 15) is 9.59 Å². The normalized spacial score (nSPS) is 10.4. The fourth-order valence-electron chi connectivity index (χ4n) is 2.10. The third-order valence-corrected chi connectivity index (χ3v) is 3.21. The second-order valence-corrected chi connectivity index (χ2v) is 4.80. The first-order valence-corrected chi connectivity index (χ1v) is 6.82. The molecule has 0 aliphatic heterocycles. The van der Waals surface area contributed by atoms with Crippen molar-refractivity contribution < 1.29 is 19.4 Å². The van der Waals surface area contributed by atoms with Gasteiger partial charge in [0.2, 0.25) is 0 Å². The molecule has 7 heteroatoms. The highest BCUT2D eigenvalue weighted by Gasteiger charge is 2.12. The maximum Gasteiger partial charge on any atom is 0.411 e. The zero-order valence-corrected chi connectivity index (χ0v) is 12.0. The van der Waals surface area contributed by atoms with Gasteiger partial charge < -0.3 is 9.84 Å². The number of carbonyl (C=O) groups is 2. The SMILES string of the molecule is O=C(Nc1ccn2ncc(C(=O)O)c2c1)OCc1ccccc1. The summed E-state index contributed by atoms with van der Waals surface area (Å²) < 4.78 is 6.54. The van der Waals surface area contributed by atoms with Gasteiger partial charge in [-0.1, -0.05) is 30.3 Å². The van der Waals surface area contributed by atoms with Crippen LogP contribution in [0, 0.1) is 0 Å². The molecule has 0 aliphatic rings. The van der Waals surface area contributed by atoms with E-state index < -0.39 is 12.1 Å². The molecule has 0 aliphatic carbocycles. The third kappa shape index (κ3) is 3.29. The number of carboxylic acid groups (broad SMARTS) is 1. The Balaban J connectivity index is 1.69. The van der Waals surface area contributed by atoms with E-state index in [2.05, 4.69) is 10.4 Å². The molecule has 7 nitrogen and oxygen atoms in total. The Kier molecular flexibility index (Phi) is 3.92. The first-order chi connectivity index (χ1) is 11.1. The van der Waals surface area contributed by atoms with Gasteiger partial charge in [-0.25, -0.2) is 14.1 Å². The molecule has 3 aromatic rings. The molecule has 0 radical (unpaired) electrons. The fourth-order valence-corrected chi connectivity index (χ4v) is 2.10. The second kappa shape index (κ2) is 6.18. The van der Waals surface area contributed by atoms with Crippen LogP contribution in [-0.4, -0.2) is 26.8 Å². The minimum absolute atomic E-state index is 0.0614. The predicted octanol–water partition coefficient (Wildman–Crippen LogP) is 2.78. The monoisotopic (exact) mass is 311 g/mol. The smallest absolute Gasteiger partial charge is 0.411 e. The average molecular weight is 311 g/mol. The van der Waals surface area contributed by atoms with Crippen LogP contribution in [0.2, 0.25) is 0 Å². The van der Waals surface area contributed by atoms with Gasteiger partial charge in [0.15, 0.2) is 0 Å². The number of ether oxygens (including phenoxy) is 1. The Morgan fingerprint density at radius 3 is 2.74 bits per heavy atom. The number of carboxylic acids is 1. The van der Waals surface area contributed by atoms with Crippen molar-refractivity contribution in [1.82, 2.24) is 9.61 Å². The summed E-state index contributed by atoms with van der Waals surface area (Å²) in [5.41, 5.74) is 1.75. The number of hydrogen-bond donors (Lipinski definition) is 2. The van der Waals surface area contributed by atoms with Crippen LogP contribution in [0.3, 0.4) is 0 Å². The number of amides is 1. The van der Waals surface area contributed by atoms with Crippen LogP contribution < -0.4 is 5.32 Å². The van der Waals surface area contributed by atoms with E-state index in [1.807, 2.05) is 30.3 Å². The van der Waals surface area contributed by atoms with Gasteiger partial charge in [-0.05, 0) is 17.7 Å². The summed E-state index contributed by atoms with van der Waals surface area (Å²) in [4.78, 5) is 22.9. The number of nitrogens with zero attached hydrogens (tertiary/aromatic N) is 2. The molecule has 0 saturated heterocycles. The van der Waals surface area contributed by atoms with Gasteiger partial charge >= 0.3 is 12.1 Å². The topological polar surface area (TPSA) is 92.9 Å². The lowest BCUT2D eigenvalue weighted by Crippen LogP contribution is -2.13. The maximum atomic E-state index is 11.8. The largest absolute Gasteiger partial charge is 0.478 e. The lowest BCUT2D eigenvalue weighted by atomic mass is 10.2. The summed E-state index contributed by atoms with van der Waals surface area (Å²) in [5, 5.41) is 15.6. The number of carbonyl (C=O) groups excluding carboxylic acids is 1. The molecule has 2 N–H and O–H groups in total. The van der Waals surface area contributed by atoms with E-state index >= 15 is 0 Å². The van der Waals surface area contributed by atoms with E-state index in [4.69, 9.17) is 9.84 Å². The Bertz CT molecular complexity index is 858. The standard InChI is InChI=1S/C16H13N3O4/c20-15(21)13-9-17-19-7-6-12(8-14(13)19)18-16(22)23-10-11-4-2-1-3-5-11/h1-9H,10H2,(H,18,22)(H,20,21). The van der Waals surface area contributed by atoms with Gasteiger partial charge in [0.05, 0.1) is 11.7 Å². The van der Waals surface area contributed by atoms with Crippen molar-refractivity contribution in [3.05, 3.63) is 66.0 Å². The second-order valence-electron chi connectivity index (χ2n) is 4.80. The first-order valence-electron chi connectivity index (χ1n) is 6.82. The molecular weight excluding hydrogens is 298 g/mol. The Labute approximate surface area is 131 Å². The van der Waals surface area contributed by atoms with Gasteiger partial charge in [0.1, 0.15) is 12.2 Å². The summed E-state index contributed by atoms with van der Waals surface area (Å²) >= 11 is 0. The molecule has 116 valence electrons. The minimum Gasteiger partial charge on any atom is -0.478 e. The molecule has 1 aromatic carbocycles. The predicted molar refractivity (Wildman–Crippen MR) is 82.4 cm³/mol. The van der Waals surface area contributed by atoms with E-state index in [-0.39, 0.29) is 12.2 Å². The third-order valence-electron chi connectivity index (χ3n) is 3.21. The summed E-state index contributed by atoms with van der Waals surface area (Å²) in [5.74, 6) is -1.08. The molecule has 0 unspecified atom stereocenters. The lowest BCUT2D eigenvalue weighted by molar-refractivity contribution is 0.0699. The molecule has 0 bridgehead atoms. The quantitative estimate of drug-likeness (QED) is 0.773. The van der Waals surface area contributed by atoms with E-state index in [1.54, 1.807) is 12.3 Å². The van der Waals surface area contributed by atoms with Crippen LogP contribution in [0.5, 0.6) is 0 Å². The van der Waals surface area contributed by atoms with Crippen molar-refractivity contribution in [3.8, 4) is 0 Å². The van der Waals surface area contributed by atoms with Crippen LogP contribution in [0.4, 0.5) is 10.5 Å². The number of benzene rings is 1. The van der Waals surface area contributed by atoms with E-state index in [1.165, 1.54) is 16.8 Å². The molecule has 23 heavy (non-hydrogen) atoms. The molecule has 2 heterocycles. The van der Waals surface area contributed by atoms with Crippen LogP contribution >= 0.6 is 0 Å². The average Bonchev–Trinajstić information content (AvgIpc) is 2.97. The number of fused-ring (bicyclic) bond motifs is 1. The number of pyridine rings is 1. The van der Waals surface area contributed by atoms with Crippen molar-refractivity contribution in [2.24, 2.45) is 0 Å². The molecule has 3 rings (SSSR count). The lowest BCUT2D eigenvalue weighted by Gasteiger charge is -2.07. The van der Waals surface area contributed by atoms with E-state index in [0.717, 1.165) is 5.56 Å². The van der Waals surface area contributed by atoms with Crippen LogP contribution in [0.1, 0.15) is 15.9 Å². The number of aromatic nitrogens is 2. The Morgan fingerprint density at radius 1 is 1.22 bits per heavy atom. The van der Waals surface area contributed by atoms with Crippen molar-refractivity contribution >= 4 is 23.3 Å². The van der Waals surface area contributed by atoms with Crippen molar-refractivity contribution in [2.75, 3.05) is 5.32 Å². The molecule has 0 spiro atoms. The number of anilines is 1. The van der Waals surface area contributed by atoms with Gasteiger partial charge in [0, 0.05) is 11.9 Å². The molecule has 1 amide bonds.